The van der Waals surface area contributed by atoms with Crippen LogP contribution in [0.4, 0.5) is 0 Å². The maximum Gasteiger partial charge on any atom is 0.226 e. The summed E-state index contributed by atoms with van der Waals surface area (Å²) in [5.74, 6) is 0.113. The van der Waals surface area contributed by atoms with E-state index in [1.165, 1.54) is 0 Å². The zero-order valence-electron chi connectivity index (χ0n) is 9.18. The molecule has 0 radical (unpaired) electrons. The number of amides is 1. The zero-order chi connectivity index (χ0) is 10.6. The molecule has 2 N–H and O–H groups in total. The molecule has 0 aromatic rings. The predicted octanol–water partition coefficient (Wildman–Crippen LogP) is 1.45. The Morgan fingerprint density at radius 1 is 1.50 bits per heavy atom. The Balaban J connectivity index is 2.34. The van der Waals surface area contributed by atoms with E-state index in [1.807, 2.05) is 13.8 Å². The molecule has 0 aliphatic heterocycles. The van der Waals surface area contributed by atoms with Gasteiger partial charge in [-0.3, -0.25) is 4.79 Å². The molecule has 14 heavy (non-hydrogen) atoms. The third-order valence-electron chi connectivity index (χ3n) is 3.22. The summed E-state index contributed by atoms with van der Waals surface area (Å²) in [4.78, 5) is 11.8. The van der Waals surface area contributed by atoms with Gasteiger partial charge in [-0.2, -0.15) is 0 Å². The normalized spacial score (nSPS) is 21.9. The van der Waals surface area contributed by atoms with E-state index in [1.54, 1.807) is 0 Å². The highest BCUT2D eigenvalue weighted by Gasteiger charge is 2.35. The second kappa shape index (κ2) is 4.78. The van der Waals surface area contributed by atoms with Gasteiger partial charge in [-0.25, -0.2) is 0 Å². The lowest BCUT2D eigenvalue weighted by Crippen LogP contribution is -2.40. The number of carbonyl (C=O) groups is 1. The van der Waals surface area contributed by atoms with Crippen LogP contribution in [0.3, 0.4) is 0 Å². The summed E-state index contributed by atoms with van der Waals surface area (Å²) in [7, 11) is 0. The Morgan fingerprint density at radius 2 is 2.07 bits per heavy atom. The van der Waals surface area contributed by atoms with Gasteiger partial charge in [0.2, 0.25) is 5.91 Å². The van der Waals surface area contributed by atoms with Crippen LogP contribution < -0.4 is 5.32 Å². The van der Waals surface area contributed by atoms with E-state index in [0.717, 1.165) is 25.7 Å². The van der Waals surface area contributed by atoms with Gasteiger partial charge in [-0.1, -0.05) is 26.7 Å². The van der Waals surface area contributed by atoms with E-state index >= 15 is 0 Å². The minimum absolute atomic E-state index is 0.113. The highest BCUT2D eigenvalue weighted by atomic mass is 16.3. The molecule has 1 fully saturated rings. The molecule has 0 aromatic carbocycles. The molecular weight excluding hydrogens is 178 g/mol. The quantitative estimate of drug-likeness (QED) is 0.720. The third-order valence-corrected chi connectivity index (χ3v) is 3.22. The Labute approximate surface area is 85.9 Å². The van der Waals surface area contributed by atoms with Gasteiger partial charge in [-0.15, -0.1) is 0 Å². The molecule has 82 valence electrons. The largest absolute Gasteiger partial charge is 0.391 e. The average molecular weight is 199 g/mol. The average Bonchev–Trinajstić information content (AvgIpc) is 2.62. The topological polar surface area (TPSA) is 49.3 Å². The highest BCUT2D eigenvalue weighted by Crippen LogP contribution is 2.37. The number of hydrogen-bond acceptors (Lipinski definition) is 2. The second-order valence-electron chi connectivity index (χ2n) is 4.54. The van der Waals surface area contributed by atoms with Crippen molar-refractivity contribution in [2.45, 2.75) is 52.1 Å². The van der Waals surface area contributed by atoms with Crippen LogP contribution in [0.1, 0.15) is 46.0 Å². The molecule has 1 rings (SSSR count). The smallest absolute Gasteiger partial charge is 0.226 e. The standard InChI is InChI=1S/C11H21NO2/c1-3-9(13)8-12-10(14)11(2)6-4-5-7-11/h9,13H,3-8H2,1-2H3,(H,12,14). The molecule has 1 aliphatic rings. The molecule has 0 saturated heterocycles. The Bertz CT molecular complexity index is 197. The molecule has 1 amide bonds. The van der Waals surface area contributed by atoms with Crippen LogP contribution in [0.15, 0.2) is 0 Å². The van der Waals surface area contributed by atoms with Gasteiger partial charge in [0, 0.05) is 12.0 Å². The number of hydrogen-bond donors (Lipinski definition) is 2. The molecule has 0 spiro atoms. The number of rotatable bonds is 4. The van der Waals surface area contributed by atoms with Gasteiger partial charge in [0.15, 0.2) is 0 Å². The summed E-state index contributed by atoms with van der Waals surface area (Å²) in [6.45, 7) is 4.33. The van der Waals surface area contributed by atoms with E-state index in [-0.39, 0.29) is 11.3 Å². The van der Waals surface area contributed by atoms with Crippen molar-refractivity contribution in [3.63, 3.8) is 0 Å². The zero-order valence-corrected chi connectivity index (χ0v) is 9.18. The van der Waals surface area contributed by atoms with Crippen LogP contribution >= 0.6 is 0 Å². The number of aliphatic hydroxyl groups excluding tert-OH is 1. The van der Waals surface area contributed by atoms with Crippen molar-refractivity contribution in [3.8, 4) is 0 Å². The molecule has 0 aromatic heterocycles. The summed E-state index contributed by atoms with van der Waals surface area (Å²) in [5, 5.41) is 12.1. The summed E-state index contributed by atoms with van der Waals surface area (Å²) in [5.41, 5.74) is -0.173. The first-order valence-corrected chi connectivity index (χ1v) is 5.55. The summed E-state index contributed by atoms with van der Waals surface area (Å²) in [6, 6.07) is 0. The molecule has 3 heteroatoms. The van der Waals surface area contributed by atoms with Crippen LogP contribution in [0.2, 0.25) is 0 Å². The monoisotopic (exact) mass is 199 g/mol. The first-order chi connectivity index (χ1) is 6.58. The first-order valence-electron chi connectivity index (χ1n) is 5.55. The van der Waals surface area contributed by atoms with Gasteiger partial charge in [0.25, 0.3) is 0 Å². The number of nitrogens with one attached hydrogen (secondary N) is 1. The van der Waals surface area contributed by atoms with Crippen molar-refractivity contribution >= 4 is 5.91 Å². The van der Waals surface area contributed by atoms with Crippen LogP contribution in [-0.2, 0) is 4.79 Å². The van der Waals surface area contributed by atoms with Crippen molar-refractivity contribution in [2.24, 2.45) is 5.41 Å². The van der Waals surface area contributed by atoms with Gasteiger partial charge < -0.3 is 10.4 Å². The van der Waals surface area contributed by atoms with Gasteiger partial charge in [-0.05, 0) is 19.3 Å². The van der Waals surface area contributed by atoms with E-state index in [4.69, 9.17) is 0 Å². The van der Waals surface area contributed by atoms with E-state index in [2.05, 4.69) is 5.32 Å². The molecule has 1 aliphatic carbocycles. The van der Waals surface area contributed by atoms with Crippen molar-refractivity contribution in [1.82, 2.24) is 5.32 Å². The molecule has 0 heterocycles. The van der Waals surface area contributed by atoms with Crippen molar-refractivity contribution in [1.29, 1.82) is 0 Å². The van der Waals surface area contributed by atoms with Crippen LogP contribution in [-0.4, -0.2) is 23.7 Å². The van der Waals surface area contributed by atoms with Crippen LogP contribution in [0.5, 0.6) is 0 Å². The third kappa shape index (κ3) is 2.71. The van der Waals surface area contributed by atoms with E-state index in [0.29, 0.717) is 13.0 Å². The van der Waals surface area contributed by atoms with Crippen LogP contribution in [0, 0.1) is 5.41 Å². The lowest BCUT2D eigenvalue weighted by Gasteiger charge is -2.23. The molecule has 1 atom stereocenters. The summed E-state index contributed by atoms with van der Waals surface area (Å²) >= 11 is 0. The summed E-state index contributed by atoms with van der Waals surface area (Å²) in [6.07, 6.45) is 4.57. The molecule has 3 nitrogen and oxygen atoms in total. The van der Waals surface area contributed by atoms with Crippen LogP contribution in [0.25, 0.3) is 0 Å². The Hall–Kier alpha value is -0.570. The SMILES string of the molecule is CCC(O)CNC(=O)C1(C)CCCC1. The van der Waals surface area contributed by atoms with Crippen molar-refractivity contribution in [3.05, 3.63) is 0 Å². The Morgan fingerprint density at radius 3 is 2.57 bits per heavy atom. The molecule has 0 bridgehead atoms. The van der Waals surface area contributed by atoms with Gasteiger partial charge in [0.1, 0.15) is 0 Å². The second-order valence-corrected chi connectivity index (χ2v) is 4.54. The summed E-state index contributed by atoms with van der Waals surface area (Å²) < 4.78 is 0. The fraction of sp³-hybridized carbons (Fsp3) is 0.909. The lowest BCUT2D eigenvalue weighted by atomic mass is 9.88. The van der Waals surface area contributed by atoms with Crippen molar-refractivity contribution in [2.75, 3.05) is 6.54 Å². The van der Waals surface area contributed by atoms with E-state index in [9.17, 15) is 9.90 Å². The maximum absolute atomic E-state index is 11.8. The van der Waals surface area contributed by atoms with Gasteiger partial charge >= 0.3 is 0 Å². The molecule has 1 saturated carbocycles. The van der Waals surface area contributed by atoms with Gasteiger partial charge in [0.05, 0.1) is 6.10 Å². The lowest BCUT2D eigenvalue weighted by molar-refractivity contribution is -0.130. The fourth-order valence-corrected chi connectivity index (χ4v) is 1.95. The highest BCUT2D eigenvalue weighted by molar-refractivity contribution is 5.82. The minimum atomic E-state index is -0.399. The number of carbonyl (C=O) groups excluding carboxylic acids is 1. The minimum Gasteiger partial charge on any atom is -0.391 e. The molecule has 1 unspecified atom stereocenters. The number of aliphatic hydroxyl groups is 1. The fourth-order valence-electron chi connectivity index (χ4n) is 1.95. The first kappa shape index (κ1) is 11.5. The molecular formula is C11H21NO2. The predicted molar refractivity (Wildman–Crippen MR) is 55.9 cm³/mol. The Kier molecular flexibility index (Phi) is 3.93. The maximum atomic E-state index is 11.8. The van der Waals surface area contributed by atoms with Crippen molar-refractivity contribution < 1.29 is 9.90 Å². The van der Waals surface area contributed by atoms with E-state index < -0.39 is 6.10 Å².